The minimum absolute atomic E-state index is 1.26. The molecule has 0 fully saturated rings. The fourth-order valence-corrected chi connectivity index (χ4v) is 3.10. The van der Waals surface area contributed by atoms with Gasteiger partial charge in [0, 0.05) is 14.2 Å². The summed E-state index contributed by atoms with van der Waals surface area (Å²) < 4.78 is 1.27. The van der Waals surface area contributed by atoms with Gasteiger partial charge in [0.05, 0.1) is 5.69 Å². The number of aryl methyl sites for hydroxylation is 1. The summed E-state index contributed by atoms with van der Waals surface area (Å²) in [6.07, 6.45) is 0. The van der Waals surface area contributed by atoms with Crippen molar-refractivity contribution in [1.82, 2.24) is 0 Å². The van der Waals surface area contributed by atoms with Crippen LogP contribution >= 0.6 is 34.4 Å². The van der Waals surface area contributed by atoms with Gasteiger partial charge in [0.25, 0.3) is 0 Å². The number of halogens is 1. The summed E-state index contributed by atoms with van der Waals surface area (Å²) in [5.41, 5.74) is 3.84. The molecule has 0 bridgehead atoms. The third-order valence-electron chi connectivity index (χ3n) is 2.55. The lowest BCUT2D eigenvalue weighted by atomic mass is 10.2. The molecule has 78 valence electrons. The van der Waals surface area contributed by atoms with Crippen LogP contribution in [0.3, 0.4) is 0 Å². The van der Waals surface area contributed by atoms with Gasteiger partial charge in [0.15, 0.2) is 5.88 Å². The molecule has 0 aromatic heterocycles. The number of thioether (sulfide) groups is 1. The van der Waals surface area contributed by atoms with Gasteiger partial charge in [-0.1, -0.05) is 23.9 Å². The molecule has 15 heavy (non-hydrogen) atoms. The van der Waals surface area contributed by atoms with Crippen LogP contribution in [-0.2, 0) is 0 Å². The van der Waals surface area contributed by atoms with Crippen LogP contribution < -0.4 is 4.90 Å². The highest BCUT2D eigenvalue weighted by molar-refractivity contribution is 14.1. The Morgan fingerprint density at radius 2 is 2.00 bits per heavy atom. The van der Waals surface area contributed by atoms with E-state index in [0.717, 1.165) is 0 Å². The topological polar surface area (TPSA) is 3.24 Å². The molecule has 3 heteroatoms. The molecule has 2 rings (SSSR count). The lowest BCUT2D eigenvalue weighted by Crippen LogP contribution is -2.14. The minimum Gasteiger partial charge on any atom is -0.322 e. The van der Waals surface area contributed by atoms with Gasteiger partial charge < -0.3 is 4.90 Å². The van der Waals surface area contributed by atoms with Gasteiger partial charge >= 0.3 is 0 Å². The Hall–Kier alpha value is -0.160. The van der Waals surface area contributed by atoms with Crippen LogP contribution in [0.5, 0.6) is 0 Å². The second kappa shape index (κ2) is 4.37. The van der Waals surface area contributed by atoms with Crippen LogP contribution in [0.2, 0.25) is 0 Å². The highest BCUT2D eigenvalue weighted by Gasteiger charge is 2.22. The van der Waals surface area contributed by atoms with Crippen molar-refractivity contribution in [3.63, 3.8) is 0 Å². The first-order chi connectivity index (χ1) is 7.11. The van der Waals surface area contributed by atoms with E-state index in [4.69, 9.17) is 0 Å². The zero-order chi connectivity index (χ0) is 11.0. The van der Waals surface area contributed by atoms with Crippen LogP contribution in [0, 0.1) is 16.4 Å². The summed E-state index contributed by atoms with van der Waals surface area (Å²) in [7, 11) is 0. The molecule has 0 aliphatic carbocycles. The summed E-state index contributed by atoms with van der Waals surface area (Å²) >= 11 is 4.06. The molecule has 1 heterocycles. The quantitative estimate of drug-likeness (QED) is 0.703. The maximum Gasteiger partial charge on any atom is 0.169 e. The van der Waals surface area contributed by atoms with Gasteiger partial charge in [0.1, 0.15) is 0 Å². The van der Waals surface area contributed by atoms with Crippen molar-refractivity contribution >= 4 is 40.0 Å². The number of benzene rings is 1. The first-order valence-electron chi connectivity index (χ1n) is 4.76. The molecule has 0 N–H and O–H groups in total. The SMILES string of the molecule is CC1=C(C)N(c2c(C)cccc2I)[C]S1. The number of allylic oxidation sites excluding steroid dienone is 2. The van der Waals surface area contributed by atoms with E-state index >= 15 is 0 Å². The Labute approximate surface area is 109 Å². The van der Waals surface area contributed by atoms with E-state index in [2.05, 4.69) is 72.3 Å². The van der Waals surface area contributed by atoms with Crippen LogP contribution in [0.1, 0.15) is 19.4 Å². The molecule has 1 aromatic rings. The first kappa shape index (κ1) is 11.3. The van der Waals surface area contributed by atoms with Crippen LogP contribution in [0.15, 0.2) is 28.8 Å². The predicted molar refractivity (Wildman–Crippen MR) is 75.6 cm³/mol. The largest absolute Gasteiger partial charge is 0.322 e. The second-order valence-corrected chi connectivity index (χ2v) is 5.74. The summed E-state index contributed by atoms with van der Waals surface area (Å²) in [5, 5.41) is 0. The fraction of sp³-hybridized carbons (Fsp3) is 0.250. The van der Waals surface area contributed by atoms with E-state index in [1.54, 1.807) is 11.8 Å². The summed E-state index contributed by atoms with van der Waals surface area (Å²) in [6, 6.07) is 6.37. The van der Waals surface area contributed by atoms with Gasteiger partial charge in [-0.05, 0) is 55.0 Å². The van der Waals surface area contributed by atoms with E-state index in [1.165, 1.54) is 25.4 Å². The molecule has 2 radical (unpaired) electrons. The molecule has 1 aliphatic rings. The van der Waals surface area contributed by atoms with Crippen molar-refractivity contribution in [2.75, 3.05) is 4.90 Å². The van der Waals surface area contributed by atoms with E-state index in [0.29, 0.717) is 0 Å². The van der Waals surface area contributed by atoms with Crippen molar-refractivity contribution in [3.8, 4) is 0 Å². The number of para-hydroxylation sites is 1. The maximum atomic E-state index is 3.33. The van der Waals surface area contributed by atoms with Crippen molar-refractivity contribution in [3.05, 3.63) is 43.8 Å². The number of nitrogens with zero attached hydrogens (tertiary/aromatic N) is 1. The molecular weight excluding hydrogens is 317 g/mol. The number of hydrogen-bond donors (Lipinski definition) is 0. The normalized spacial score (nSPS) is 16.4. The monoisotopic (exact) mass is 329 g/mol. The number of hydrogen-bond acceptors (Lipinski definition) is 2. The van der Waals surface area contributed by atoms with Crippen LogP contribution in [0.4, 0.5) is 5.69 Å². The molecule has 0 saturated heterocycles. The maximum absolute atomic E-state index is 3.33. The smallest absolute Gasteiger partial charge is 0.169 e. The highest BCUT2D eigenvalue weighted by atomic mass is 127. The Balaban J connectivity index is 2.47. The van der Waals surface area contributed by atoms with Crippen molar-refractivity contribution in [2.24, 2.45) is 0 Å². The molecule has 0 saturated carbocycles. The Bertz CT molecular complexity index is 405. The minimum atomic E-state index is 1.26. The van der Waals surface area contributed by atoms with E-state index in [-0.39, 0.29) is 0 Å². The molecular formula is C12H12INS. The summed E-state index contributed by atoms with van der Waals surface area (Å²) in [5.74, 6) is 3.33. The summed E-state index contributed by atoms with van der Waals surface area (Å²) in [6.45, 7) is 6.42. The van der Waals surface area contributed by atoms with Gasteiger partial charge in [-0.25, -0.2) is 0 Å². The number of anilines is 1. The van der Waals surface area contributed by atoms with Crippen molar-refractivity contribution in [1.29, 1.82) is 0 Å². The zero-order valence-corrected chi connectivity index (χ0v) is 11.9. The van der Waals surface area contributed by atoms with Gasteiger partial charge in [-0.3, -0.25) is 0 Å². The molecule has 0 spiro atoms. The predicted octanol–water partition coefficient (Wildman–Crippen LogP) is 4.40. The standard InChI is InChI=1S/C12H12INS/c1-8-5-4-6-11(13)12(8)14-7-15-10(3)9(14)2/h4-6H,1-3H3. The Morgan fingerprint density at radius 1 is 1.27 bits per heavy atom. The average Bonchev–Trinajstić information content (AvgIpc) is 2.49. The van der Waals surface area contributed by atoms with E-state index < -0.39 is 0 Å². The Morgan fingerprint density at radius 3 is 2.53 bits per heavy atom. The van der Waals surface area contributed by atoms with Crippen LogP contribution in [0.25, 0.3) is 0 Å². The Kier molecular flexibility index (Phi) is 3.30. The van der Waals surface area contributed by atoms with Gasteiger partial charge in [-0.2, -0.15) is 0 Å². The third-order valence-corrected chi connectivity index (χ3v) is 4.29. The lowest BCUT2D eigenvalue weighted by molar-refractivity contribution is 1.12. The molecule has 0 atom stereocenters. The van der Waals surface area contributed by atoms with Crippen molar-refractivity contribution in [2.45, 2.75) is 20.8 Å². The fourth-order valence-electron chi connectivity index (χ4n) is 1.53. The molecule has 1 aliphatic heterocycles. The highest BCUT2D eigenvalue weighted by Crippen LogP contribution is 2.41. The molecule has 1 nitrogen and oxygen atoms in total. The number of rotatable bonds is 1. The molecule has 0 unspecified atom stereocenters. The zero-order valence-electron chi connectivity index (χ0n) is 8.97. The third kappa shape index (κ3) is 2.04. The first-order valence-corrected chi connectivity index (χ1v) is 6.66. The summed E-state index contributed by atoms with van der Waals surface area (Å²) in [4.78, 5) is 3.49. The second-order valence-electron chi connectivity index (χ2n) is 3.58. The average molecular weight is 329 g/mol. The lowest BCUT2D eigenvalue weighted by Gasteiger charge is -2.21. The van der Waals surface area contributed by atoms with Gasteiger partial charge in [0.2, 0.25) is 0 Å². The van der Waals surface area contributed by atoms with Gasteiger partial charge in [-0.15, -0.1) is 0 Å². The van der Waals surface area contributed by atoms with E-state index in [1.807, 2.05) is 0 Å². The van der Waals surface area contributed by atoms with Crippen LogP contribution in [-0.4, -0.2) is 0 Å². The van der Waals surface area contributed by atoms with E-state index in [9.17, 15) is 0 Å². The molecule has 0 amide bonds. The molecule has 1 aromatic carbocycles. The van der Waals surface area contributed by atoms with Crippen molar-refractivity contribution < 1.29 is 0 Å².